The lowest BCUT2D eigenvalue weighted by Crippen LogP contribution is -2.54. The van der Waals surface area contributed by atoms with Crippen LogP contribution in [-0.4, -0.2) is 12.1 Å². The van der Waals surface area contributed by atoms with Crippen molar-refractivity contribution >= 4 is 5.97 Å². The number of carbonyl (C=O) groups is 1. The molecule has 3 unspecified atom stereocenters. The number of allylic oxidation sites excluding steroid dienone is 2. The van der Waals surface area contributed by atoms with E-state index in [2.05, 4.69) is 19.1 Å². The van der Waals surface area contributed by atoms with E-state index >= 15 is 0 Å². The third-order valence-electron chi connectivity index (χ3n) is 9.82. The average Bonchev–Trinajstić information content (AvgIpc) is 3.01. The van der Waals surface area contributed by atoms with E-state index in [9.17, 15) is 4.79 Å². The quantitative estimate of drug-likeness (QED) is 0.431. The Labute approximate surface area is 159 Å². The van der Waals surface area contributed by atoms with Gasteiger partial charge in [0.15, 0.2) is 0 Å². The molecule has 8 atom stereocenters. The molecule has 5 aliphatic rings. The molecule has 0 N–H and O–H groups in total. The first-order chi connectivity index (χ1) is 12.5. The zero-order valence-electron chi connectivity index (χ0n) is 16.7. The molecule has 2 nitrogen and oxygen atoms in total. The van der Waals surface area contributed by atoms with Gasteiger partial charge in [-0.2, -0.15) is 0 Å². The molecule has 0 radical (unpaired) electrons. The van der Waals surface area contributed by atoms with Crippen LogP contribution in [0.2, 0.25) is 0 Å². The van der Waals surface area contributed by atoms with Gasteiger partial charge >= 0.3 is 5.97 Å². The maximum atomic E-state index is 11.4. The Hall–Kier alpha value is -0.790. The van der Waals surface area contributed by atoms with Gasteiger partial charge in [-0.1, -0.05) is 19.1 Å². The van der Waals surface area contributed by atoms with E-state index in [1.54, 1.807) is 6.92 Å². The lowest BCUT2D eigenvalue weighted by atomic mass is 9.44. The minimum absolute atomic E-state index is 0.0898. The summed E-state index contributed by atoms with van der Waals surface area (Å²) >= 11 is 0. The Kier molecular flexibility index (Phi) is 4.07. The van der Waals surface area contributed by atoms with Gasteiger partial charge in [0.05, 0.1) is 0 Å². The van der Waals surface area contributed by atoms with Crippen molar-refractivity contribution in [3.8, 4) is 0 Å². The summed E-state index contributed by atoms with van der Waals surface area (Å²) in [6.45, 7) is 4.18. The molecular weight excluding hydrogens is 320 g/mol. The van der Waals surface area contributed by atoms with E-state index in [1.807, 2.05) is 0 Å². The Bertz CT molecular complexity index is 609. The lowest BCUT2D eigenvalue weighted by molar-refractivity contribution is -0.159. The average molecular weight is 357 g/mol. The molecule has 4 saturated carbocycles. The van der Waals surface area contributed by atoms with Crippen molar-refractivity contribution in [3.63, 3.8) is 0 Å². The maximum absolute atomic E-state index is 11.4. The van der Waals surface area contributed by atoms with Crippen molar-refractivity contribution in [2.45, 2.75) is 90.6 Å². The number of carbonyl (C=O) groups excluding carboxylic acids is 1. The minimum atomic E-state index is -0.0898. The second kappa shape index (κ2) is 6.11. The molecule has 0 heterocycles. The number of hydrogen-bond donors (Lipinski definition) is 0. The highest BCUT2D eigenvalue weighted by Gasteiger charge is 2.61. The predicted molar refractivity (Wildman–Crippen MR) is 103 cm³/mol. The predicted octanol–water partition coefficient (Wildman–Crippen LogP) is 5.91. The van der Waals surface area contributed by atoms with Gasteiger partial charge in [0.2, 0.25) is 0 Å². The fraction of sp³-hybridized carbons (Fsp3) is 0.875. The van der Waals surface area contributed by atoms with Crippen molar-refractivity contribution in [2.75, 3.05) is 0 Å². The first-order valence-corrected chi connectivity index (χ1v) is 11.4. The highest BCUT2D eigenvalue weighted by atomic mass is 16.5. The Morgan fingerprint density at radius 3 is 2.65 bits per heavy atom. The van der Waals surface area contributed by atoms with Crippen LogP contribution in [0.15, 0.2) is 12.2 Å². The summed E-state index contributed by atoms with van der Waals surface area (Å²) in [5, 5.41) is 0. The highest BCUT2D eigenvalue weighted by Crippen LogP contribution is 2.69. The van der Waals surface area contributed by atoms with Crippen molar-refractivity contribution in [2.24, 2.45) is 40.4 Å². The van der Waals surface area contributed by atoms with Gasteiger partial charge in [-0.15, -0.1) is 0 Å². The maximum Gasteiger partial charge on any atom is 0.302 e. The summed E-state index contributed by atoms with van der Waals surface area (Å²) < 4.78 is 5.61. The van der Waals surface area contributed by atoms with Gasteiger partial charge < -0.3 is 4.74 Å². The molecule has 0 amide bonds. The number of esters is 1. The third-order valence-corrected chi connectivity index (χ3v) is 9.82. The van der Waals surface area contributed by atoms with E-state index in [1.165, 1.54) is 57.8 Å². The summed E-state index contributed by atoms with van der Waals surface area (Å²) in [4.78, 5) is 11.4. The van der Waals surface area contributed by atoms with Crippen molar-refractivity contribution in [1.82, 2.24) is 0 Å². The number of fused-ring (bicyclic) bond motifs is 4. The van der Waals surface area contributed by atoms with Gasteiger partial charge in [-0.25, -0.2) is 0 Å². The van der Waals surface area contributed by atoms with Crippen LogP contribution in [0.25, 0.3) is 0 Å². The first-order valence-electron chi connectivity index (χ1n) is 11.4. The van der Waals surface area contributed by atoms with Crippen LogP contribution in [0, 0.1) is 40.4 Å². The Morgan fingerprint density at radius 2 is 1.81 bits per heavy atom. The van der Waals surface area contributed by atoms with Crippen LogP contribution in [-0.2, 0) is 9.53 Å². The van der Waals surface area contributed by atoms with E-state index in [4.69, 9.17) is 4.74 Å². The molecule has 5 rings (SSSR count). The van der Waals surface area contributed by atoms with Crippen LogP contribution < -0.4 is 0 Å². The van der Waals surface area contributed by atoms with Crippen LogP contribution >= 0.6 is 0 Å². The lowest BCUT2D eigenvalue weighted by Gasteiger charge is -2.61. The fourth-order valence-corrected chi connectivity index (χ4v) is 8.75. The van der Waals surface area contributed by atoms with Gasteiger partial charge in [0, 0.05) is 6.92 Å². The van der Waals surface area contributed by atoms with E-state index in [0.717, 1.165) is 42.4 Å². The summed E-state index contributed by atoms with van der Waals surface area (Å²) in [5.74, 6) is 4.52. The molecule has 0 aromatic heterocycles. The van der Waals surface area contributed by atoms with E-state index < -0.39 is 0 Å². The Balaban J connectivity index is 1.38. The van der Waals surface area contributed by atoms with Crippen LogP contribution in [0.1, 0.15) is 84.5 Å². The largest absolute Gasteiger partial charge is 0.463 e. The van der Waals surface area contributed by atoms with E-state index in [-0.39, 0.29) is 12.1 Å². The minimum Gasteiger partial charge on any atom is -0.463 e. The summed E-state index contributed by atoms with van der Waals surface area (Å²) in [5.41, 5.74) is 1.08. The standard InChI is InChI=1S/C24H36O2/c1-16(25)26-19-10-13-23(2)18(15-19)6-8-20-21(23)11-14-24-12-4-3-5-17(24)7-9-22(20)24/h4,12,17-22H,3,5-11,13-15H2,1-2H3/t17-,18+,19+,20?,21?,22?,23-,24+/m0/s1. The molecule has 4 fully saturated rings. The van der Waals surface area contributed by atoms with Crippen molar-refractivity contribution < 1.29 is 9.53 Å². The third kappa shape index (κ3) is 2.39. The number of hydrogen-bond acceptors (Lipinski definition) is 2. The molecular formula is C24H36O2. The zero-order chi connectivity index (χ0) is 17.9. The molecule has 26 heavy (non-hydrogen) atoms. The normalized spacial score (nSPS) is 52.4. The van der Waals surface area contributed by atoms with Crippen LogP contribution in [0.5, 0.6) is 0 Å². The summed E-state index contributed by atoms with van der Waals surface area (Å²) in [6.07, 6.45) is 20.4. The van der Waals surface area contributed by atoms with E-state index in [0.29, 0.717) is 10.8 Å². The molecule has 1 spiro atoms. The molecule has 0 bridgehead atoms. The van der Waals surface area contributed by atoms with Crippen molar-refractivity contribution in [1.29, 1.82) is 0 Å². The second-order valence-corrected chi connectivity index (χ2v) is 10.6. The summed E-state index contributed by atoms with van der Waals surface area (Å²) in [6, 6.07) is 0. The number of ether oxygens (including phenoxy) is 1. The zero-order valence-corrected chi connectivity index (χ0v) is 16.7. The topological polar surface area (TPSA) is 26.3 Å². The van der Waals surface area contributed by atoms with Crippen LogP contribution in [0.3, 0.4) is 0 Å². The molecule has 5 aliphatic carbocycles. The molecule has 0 aromatic rings. The molecule has 0 aliphatic heterocycles. The van der Waals surface area contributed by atoms with Crippen LogP contribution in [0.4, 0.5) is 0 Å². The van der Waals surface area contributed by atoms with Crippen molar-refractivity contribution in [3.05, 3.63) is 12.2 Å². The van der Waals surface area contributed by atoms with Gasteiger partial charge in [0.25, 0.3) is 0 Å². The Morgan fingerprint density at radius 1 is 0.962 bits per heavy atom. The fourth-order valence-electron chi connectivity index (χ4n) is 8.75. The second-order valence-electron chi connectivity index (χ2n) is 10.6. The molecule has 0 aromatic carbocycles. The first kappa shape index (κ1) is 17.3. The molecule has 144 valence electrons. The molecule has 0 saturated heterocycles. The monoisotopic (exact) mass is 356 g/mol. The van der Waals surface area contributed by atoms with Gasteiger partial charge in [0.1, 0.15) is 6.10 Å². The van der Waals surface area contributed by atoms with Gasteiger partial charge in [-0.05, 0) is 111 Å². The highest BCUT2D eigenvalue weighted by molar-refractivity contribution is 5.66. The SMILES string of the molecule is CC(=O)O[C@@H]1CC[C@]2(C)C3CC[C@]45C=CCC[C@H]4CCC5C3CC[C@@H]2C1. The molecule has 2 heteroatoms. The van der Waals surface area contributed by atoms with Gasteiger partial charge in [-0.3, -0.25) is 4.79 Å². The number of rotatable bonds is 1. The summed E-state index contributed by atoms with van der Waals surface area (Å²) in [7, 11) is 0. The smallest absolute Gasteiger partial charge is 0.302 e.